The minimum absolute atomic E-state index is 0.517. The number of hydrogen-bond acceptors (Lipinski definition) is 5. The van der Waals surface area contributed by atoms with Gasteiger partial charge in [0.1, 0.15) is 5.69 Å². The molecule has 0 unspecified atom stereocenters. The first-order valence-electron chi connectivity index (χ1n) is 10.4. The molecule has 0 aliphatic heterocycles. The predicted octanol–water partition coefficient (Wildman–Crippen LogP) is 4.93. The molecule has 154 valence electrons. The van der Waals surface area contributed by atoms with Crippen LogP contribution >= 0.6 is 0 Å². The van der Waals surface area contributed by atoms with Crippen LogP contribution in [-0.4, -0.2) is 29.4 Å². The first kappa shape index (κ1) is 18.3. The highest BCUT2D eigenvalue weighted by Crippen LogP contribution is 2.24. The second-order valence-corrected chi connectivity index (χ2v) is 7.53. The van der Waals surface area contributed by atoms with Crippen molar-refractivity contribution < 1.29 is 0 Å². The van der Waals surface area contributed by atoms with Gasteiger partial charge in [-0.2, -0.15) is 10.1 Å². The Morgan fingerprint density at radius 2 is 1.69 bits per heavy atom. The molecule has 3 aromatic heterocycles. The van der Waals surface area contributed by atoms with Crippen LogP contribution in [0.2, 0.25) is 0 Å². The van der Waals surface area contributed by atoms with Gasteiger partial charge in [-0.25, -0.2) is 4.52 Å². The van der Waals surface area contributed by atoms with Gasteiger partial charge in [-0.05, 0) is 23.8 Å². The summed E-state index contributed by atoms with van der Waals surface area (Å²) in [5, 5.41) is 13.6. The number of anilines is 2. The van der Waals surface area contributed by atoms with Gasteiger partial charge in [0, 0.05) is 29.0 Å². The molecular formula is C25H19N7. The Balaban J connectivity index is 1.34. The number of nitrogens with zero attached hydrogens (tertiary/aromatic N) is 6. The van der Waals surface area contributed by atoms with E-state index in [2.05, 4.69) is 44.8 Å². The van der Waals surface area contributed by atoms with Crippen molar-refractivity contribution in [3.8, 4) is 11.3 Å². The van der Waals surface area contributed by atoms with Crippen molar-refractivity contribution in [1.29, 1.82) is 0 Å². The Morgan fingerprint density at radius 1 is 0.875 bits per heavy atom. The molecule has 7 nitrogen and oxygen atoms in total. The fraction of sp³-hybridized carbons (Fsp3) is 0.0400. The lowest BCUT2D eigenvalue weighted by Gasteiger charge is -2.06. The lowest BCUT2D eigenvalue weighted by atomic mass is 10.1. The fourth-order valence-electron chi connectivity index (χ4n) is 3.83. The molecule has 32 heavy (non-hydrogen) atoms. The van der Waals surface area contributed by atoms with E-state index in [4.69, 9.17) is 4.98 Å². The lowest BCUT2D eigenvalue weighted by Crippen LogP contribution is -2.01. The molecule has 0 saturated carbocycles. The maximum Gasteiger partial charge on any atom is 0.247 e. The maximum absolute atomic E-state index is 4.70. The third kappa shape index (κ3) is 3.35. The second-order valence-electron chi connectivity index (χ2n) is 7.53. The van der Waals surface area contributed by atoms with Gasteiger partial charge in [0.15, 0.2) is 5.65 Å². The topological polar surface area (TPSA) is 72.9 Å². The van der Waals surface area contributed by atoms with Gasteiger partial charge in [-0.15, -0.1) is 5.10 Å². The van der Waals surface area contributed by atoms with Crippen LogP contribution in [0.5, 0.6) is 0 Å². The average molecular weight is 417 g/mol. The van der Waals surface area contributed by atoms with E-state index in [9.17, 15) is 0 Å². The van der Waals surface area contributed by atoms with Crippen molar-refractivity contribution in [3.63, 3.8) is 0 Å². The van der Waals surface area contributed by atoms with Gasteiger partial charge in [0.25, 0.3) is 0 Å². The van der Waals surface area contributed by atoms with Crippen molar-refractivity contribution in [2.75, 3.05) is 5.32 Å². The third-order valence-electron chi connectivity index (χ3n) is 5.38. The van der Waals surface area contributed by atoms with Gasteiger partial charge >= 0.3 is 0 Å². The van der Waals surface area contributed by atoms with Crippen LogP contribution < -0.4 is 5.32 Å². The van der Waals surface area contributed by atoms with Gasteiger partial charge in [0.05, 0.1) is 18.3 Å². The summed E-state index contributed by atoms with van der Waals surface area (Å²) in [7, 11) is 0. The van der Waals surface area contributed by atoms with Crippen molar-refractivity contribution in [2.45, 2.75) is 6.54 Å². The molecule has 7 heteroatoms. The number of hydrogen-bond donors (Lipinski definition) is 1. The Bertz CT molecular complexity index is 1520. The van der Waals surface area contributed by atoms with E-state index in [1.165, 1.54) is 5.56 Å². The minimum atomic E-state index is 0.517. The van der Waals surface area contributed by atoms with E-state index in [1.54, 1.807) is 16.9 Å². The molecule has 0 radical (unpaired) electrons. The van der Waals surface area contributed by atoms with E-state index >= 15 is 0 Å². The number of aromatic nitrogens is 6. The summed E-state index contributed by atoms with van der Waals surface area (Å²) in [4.78, 5) is 9.22. The summed E-state index contributed by atoms with van der Waals surface area (Å²) in [6.45, 7) is 0.715. The Hall–Kier alpha value is -4.52. The van der Waals surface area contributed by atoms with Crippen molar-refractivity contribution in [3.05, 3.63) is 103 Å². The largest absolute Gasteiger partial charge is 0.323 e. The average Bonchev–Trinajstić information content (AvgIpc) is 3.43. The SMILES string of the molecule is c1ccc(Cn2ncc3ccc(Nc4nc5c(-c6ccccc6)nccn5n4)cc32)cc1. The molecule has 1 N–H and O–H groups in total. The second kappa shape index (κ2) is 7.63. The zero-order valence-corrected chi connectivity index (χ0v) is 17.1. The summed E-state index contributed by atoms with van der Waals surface area (Å²) >= 11 is 0. The molecule has 0 atom stereocenters. The van der Waals surface area contributed by atoms with Crippen molar-refractivity contribution >= 4 is 28.2 Å². The Kier molecular flexibility index (Phi) is 4.35. The number of nitrogens with one attached hydrogen (secondary N) is 1. The zero-order valence-electron chi connectivity index (χ0n) is 17.1. The minimum Gasteiger partial charge on any atom is -0.323 e. The first-order valence-corrected chi connectivity index (χ1v) is 10.4. The third-order valence-corrected chi connectivity index (χ3v) is 5.38. The Labute approximate surface area is 184 Å². The van der Waals surface area contributed by atoms with Crippen LogP contribution in [-0.2, 0) is 6.54 Å². The quantitative estimate of drug-likeness (QED) is 0.430. The van der Waals surface area contributed by atoms with E-state index in [-0.39, 0.29) is 0 Å². The Morgan fingerprint density at radius 3 is 2.53 bits per heavy atom. The summed E-state index contributed by atoms with van der Waals surface area (Å²) in [6.07, 6.45) is 5.43. The molecule has 3 aromatic carbocycles. The standard InChI is InChI=1S/C25H19N7/c1-3-7-18(8-4-1)17-32-22-15-21(12-11-20(22)16-27-32)28-25-29-24-23(19-9-5-2-6-10-19)26-13-14-31(24)30-25/h1-16H,17H2,(H,28,30). The molecular weight excluding hydrogens is 398 g/mol. The van der Waals surface area contributed by atoms with Crippen molar-refractivity contribution in [2.24, 2.45) is 0 Å². The van der Waals surface area contributed by atoms with E-state index in [0.29, 0.717) is 18.1 Å². The summed E-state index contributed by atoms with van der Waals surface area (Å²) in [6, 6.07) is 26.5. The highest BCUT2D eigenvalue weighted by Gasteiger charge is 2.12. The normalized spacial score (nSPS) is 11.2. The molecule has 0 amide bonds. The molecule has 0 aliphatic rings. The van der Waals surface area contributed by atoms with Crippen LogP contribution in [0.3, 0.4) is 0 Å². The van der Waals surface area contributed by atoms with Gasteiger partial charge in [0.2, 0.25) is 5.95 Å². The molecule has 6 rings (SSSR count). The van der Waals surface area contributed by atoms with Gasteiger partial charge in [-0.3, -0.25) is 9.67 Å². The number of fused-ring (bicyclic) bond motifs is 2. The summed E-state index contributed by atoms with van der Waals surface area (Å²) in [5.74, 6) is 0.517. The monoisotopic (exact) mass is 417 g/mol. The molecule has 0 saturated heterocycles. The fourth-order valence-corrected chi connectivity index (χ4v) is 3.83. The molecule has 0 fully saturated rings. The maximum atomic E-state index is 4.70. The van der Waals surface area contributed by atoms with Crippen LogP contribution in [0, 0.1) is 0 Å². The molecule has 3 heterocycles. The van der Waals surface area contributed by atoms with Crippen LogP contribution in [0.1, 0.15) is 5.56 Å². The van der Waals surface area contributed by atoms with E-state index in [0.717, 1.165) is 27.8 Å². The number of benzene rings is 3. The van der Waals surface area contributed by atoms with Crippen molar-refractivity contribution in [1.82, 2.24) is 29.4 Å². The highest BCUT2D eigenvalue weighted by atomic mass is 15.4. The first-order chi connectivity index (χ1) is 15.8. The summed E-state index contributed by atoms with van der Waals surface area (Å²) < 4.78 is 3.75. The molecule has 0 aliphatic carbocycles. The summed E-state index contributed by atoms with van der Waals surface area (Å²) in [5.41, 5.74) is 5.66. The van der Waals surface area contributed by atoms with Crippen LogP contribution in [0.25, 0.3) is 27.8 Å². The van der Waals surface area contributed by atoms with E-state index in [1.807, 2.05) is 65.5 Å². The molecule has 6 aromatic rings. The van der Waals surface area contributed by atoms with Crippen LogP contribution in [0.4, 0.5) is 11.6 Å². The van der Waals surface area contributed by atoms with Crippen LogP contribution in [0.15, 0.2) is 97.5 Å². The van der Waals surface area contributed by atoms with Gasteiger partial charge in [-0.1, -0.05) is 60.7 Å². The van der Waals surface area contributed by atoms with E-state index < -0.39 is 0 Å². The lowest BCUT2D eigenvalue weighted by molar-refractivity contribution is 0.712. The molecule has 0 spiro atoms. The molecule has 0 bridgehead atoms. The predicted molar refractivity (Wildman–Crippen MR) is 125 cm³/mol. The van der Waals surface area contributed by atoms with Gasteiger partial charge < -0.3 is 5.32 Å². The number of rotatable bonds is 5. The smallest absolute Gasteiger partial charge is 0.247 e. The zero-order chi connectivity index (χ0) is 21.3. The highest BCUT2D eigenvalue weighted by molar-refractivity contribution is 5.83.